The van der Waals surface area contributed by atoms with Gasteiger partial charge in [0.1, 0.15) is 28.4 Å². The van der Waals surface area contributed by atoms with E-state index in [-0.39, 0.29) is 16.8 Å². The summed E-state index contributed by atoms with van der Waals surface area (Å²) < 4.78 is 34.2. The van der Waals surface area contributed by atoms with E-state index in [1.807, 2.05) is 7.05 Å². The highest BCUT2D eigenvalue weighted by Crippen LogP contribution is 2.25. The molecule has 3 heterocycles. The maximum absolute atomic E-state index is 14.2. The Morgan fingerprint density at radius 2 is 2.04 bits per heavy atom. The lowest BCUT2D eigenvalue weighted by molar-refractivity contribution is 0.189. The number of halogens is 3. The number of anilines is 3. The summed E-state index contributed by atoms with van der Waals surface area (Å²) in [4.78, 5) is 16.5. The Bertz CT molecular complexity index is 953. The number of hydrogen-bond donors (Lipinski definition) is 2. The molecule has 2 N–H and O–H groups in total. The molecule has 0 fully saturated rings. The van der Waals surface area contributed by atoms with Gasteiger partial charge in [0, 0.05) is 39.1 Å². The summed E-state index contributed by atoms with van der Waals surface area (Å²) >= 11 is 6.09. The van der Waals surface area contributed by atoms with Gasteiger partial charge in [-0.05, 0) is 6.42 Å². The van der Waals surface area contributed by atoms with Crippen LogP contribution in [0.1, 0.15) is 18.2 Å². The standard InChI is InChI=1S/C17H18ClF2N7O/c1-27-8-15(22-9-27)25-14-6-13(18)24-17(26-14)23-12(3-4-28-2)16-11(20)5-10(19)7-21-16/h5-9,12H,3-4H2,1-2H3,(H2,23,24,25,26). The number of pyridine rings is 1. The molecular formula is C17H18ClF2N7O. The van der Waals surface area contributed by atoms with Crippen LogP contribution in [0.4, 0.5) is 26.4 Å². The first-order valence-electron chi connectivity index (χ1n) is 8.30. The number of rotatable bonds is 8. The monoisotopic (exact) mass is 409 g/mol. The molecule has 0 amide bonds. The Labute approximate surface area is 165 Å². The zero-order valence-corrected chi connectivity index (χ0v) is 15.9. The molecule has 0 bridgehead atoms. The number of nitrogens with zero attached hydrogens (tertiary/aromatic N) is 5. The summed E-state index contributed by atoms with van der Waals surface area (Å²) in [5.74, 6) is -0.405. The van der Waals surface area contributed by atoms with Gasteiger partial charge in [-0.2, -0.15) is 4.98 Å². The zero-order valence-electron chi connectivity index (χ0n) is 15.2. The normalized spacial score (nSPS) is 12.0. The average Bonchev–Trinajstić information content (AvgIpc) is 3.03. The highest BCUT2D eigenvalue weighted by molar-refractivity contribution is 6.29. The predicted molar refractivity (Wildman–Crippen MR) is 101 cm³/mol. The summed E-state index contributed by atoms with van der Waals surface area (Å²) in [6, 6.07) is 1.65. The van der Waals surface area contributed by atoms with Gasteiger partial charge in [0.25, 0.3) is 0 Å². The molecule has 3 rings (SSSR count). The SMILES string of the molecule is COCCC(Nc1nc(Cl)cc(Nc2cn(C)cn2)n1)c1ncc(F)cc1F. The lowest BCUT2D eigenvalue weighted by Crippen LogP contribution is -2.18. The van der Waals surface area contributed by atoms with Crippen molar-refractivity contribution >= 4 is 29.2 Å². The molecule has 28 heavy (non-hydrogen) atoms. The fourth-order valence-electron chi connectivity index (χ4n) is 2.51. The first-order chi connectivity index (χ1) is 13.4. The molecular weight excluding hydrogens is 392 g/mol. The fraction of sp³-hybridized carbons (Fsp3) is 0.294. The van der Waals surface area contributed by atoms with E-state index in [0.29, 0.717) is 24.7 Å². The Hall–Kier alpha value is -2.85. The minimum absolute atomic E-state index is 0.0289. The van der Waals surface area contributed by atoms with Crippen molar-refractivity contribution in [3.63, 3.8) is 0 Å². The summed E-state index contributed by atoms with van der Waals surface area (Å²) in [6.07, 6.45) is 4.70. The van der Waals surface area contributed by atoms with Crippen LogP contribution in [-0.4, -0.2) is 38.2 Å². The van der Waals surface area contributed by atoms with Crippen LogP contribution in [-0.2, 0) is 11.8 Å². The number of hydrogen-bond acceptors (Lipinski definition) is 7. The summed E-state index contributed by atoms with van der Waals surface area (Å²) in [6.45, 7) is 0.315. The molecule has 1 unspecified atom stereocenters. The molecule has 3 aromatic heterocycles. The van der Waals surface area contributed by atoms with Crippen molar-refractivity contribution in [2.45, 2.75) is 12.5 Å². The topological polar surface area (TPSA) is 89.8 Å². The minimum Gasteiger partial charge on any atom is -0.385 e. The number of imidazole rings is 1. The highest BCUT2D eigenvalue weighted by Gasteiger charge is 2.20. The number of ether oxygens (including phenoxy) is 1. The molecule has 0 aliphatic rings. The zero-order chi connectivity index (χ0) is 20.1. The van der Waals surface area contributed by atoms with Crippen LogP contribution in [0.25, 0.3) is 0 Å². The van der Waals surface area contributed by atoms with Gasteiger partial charge in [0.15, 0.2) is 0 Å². The van der Waals surface area contributed by atoms with Crippen molar-refractivity contribution in [2.75, 3.05) is 24.4 Å². The van der Waals surface area contributed by atoms with Gasteiger partial charge in [-0.3, -0.25) is 4.98 Å². The predicted octanol–water partition coefficient (Wildman–Crippen LogP) is 3.47. The molecule has 0 aromatic carbocycles. The van der Waals surface area contributed by atoms with Crippen molar-refractivity contribution in [1.29, 1.82) is 0 Å². The fourth-order valence-corrected chi connectivity index (χ4v) is 2.69. The maximum Gasteiger partial charge on any atom is 0.226 e. The first-order valence-corrected chi connectivity index (χ1v) is 8.68. The van der Waals surface area contributed by atoms with Crippen LogP contribution in [0.15, 0.2) is 30.9 Å². The minimum atomic E-state index is -0.775. The summed E-state index contributed by atoms with van der Waals surface area (Å²) in [7, 11) is 3.36. The van der Waals surface area contributed by atoms with Crippen molar-refractivity contribution in [3.8, 4) is 0 Å². The number of aryl methyl sites for hydroxylation is 1. The van der Waals surface area contributed by atoms with Crippen molar-refractivity contribution in [1.82, 2.24) is 24.5 Å². The van der Waals surface area contributed by atoms with Crippen LogP contribution in [0.2, 0.25) is 5.15 Å². The second-order valence-corrected chi connectivity index (χ2v) is 6.34. The van der Waals surface area contributed by atoms with Crippen LogP contribution in [0, 0.1) is 11.6 Å². The molecule has 0 saturated carbocycles. The molecule has 148 valence electrons. The second kappa shape index (κ2) is 8.89. The van der Waals surface area contributed by atoms with Gasteiger partial charge in [0.05, 0.1) is 24.3 Å². The first kappa shape index (κ1) is 19.9. The molecule has 0 spiro atoms. The van der Waals surface area contributed by atoms with Crippen LogP contribution < -0.4 is 10.6 Å². The van der Waals surface area contributed by atoms with Crippen LogP contribution in [0.5, 0.6) is 0 Å². The van der Waals surface area contributed by atoms with Gasteiger partial charge in [-0.25, -0.2) is 18.7 Å². The number of nitrogens with one attached hydrogen (secondary N) is 2. The Balaban J connectivity index is 1.85. The quantitative estimate of drug-likeness (QED) is 0.550. The Kier molecular flexibility index (Phi) is 6.32. The van der Waals surface area contributed by atoms with Gasteiger partial charge < -0.3 is 19.9 Å². The van der Waals surface area contributed by atoms with E-state index >= 15 is 0 Å². The lowest BCUT2D eigenvalue weighted by Gasteiger charge is -2.19. The van der Waals surface area contributed by atoms with Crippen LogP contribution in [0.3, 0.4) is 0 Å². The largest absolute Gasteiger partial charge is 0.385 e. The van der Waals surface area contributed by atoms with Gasteiger partial charge in [-0.15, -0.1) is 0 Å². The molecule has 0 saturated heterocycles. The highest BCUT2D eigenvalue weighted by atomic mass is 35.5. The lowest BCUT2D eigenvalue weighted by atomic mass is 10.1. The van der Waals surface area contributed by atoms with Crippen LogP contribution >= 0.6 is 11.6 Å². The van der Waals surface area contributed by atoms with E-state index < -0.39 is 17.7 Å². The molecule has 1 atom stereocenters. The van der Waals surface area contributed by atoms with Crippen molar-refractivity contribution in [2.24, 2.45) is 7.05 Å². The Morgan fingerprint density at radius 1 is 1.21 bits per heavy atom. The van der Waals surface area contributed by atoms with E-state index in [2.05, 4.69) is 30.6 Å². The molecule has 0 aliphatic carbocycles. The van der Waals surface area contributed by atoms with E-state index in [1.54, 1.807) is 17.1 Å². The smallest absolute Gasteiger partial charge is 0.226 e. The van der Waals surface area contributed by atoms with Gasteiger partial charge in [-0.1, -0.05) is 11.6 Å². The van der Waals surface area contributed by atoms with E-state index in [9.17, 15) is 8.78 Å². The Morgan fingerprint density at radius 3 is 2.71 bits per heavy atom. The van der Waals surface area contributed by atoms with E-state index in [1.165, 1.54) is 13.2 Å². The van der Waals surface area contributed by atoms with E-state index in [0.717, 1.165) is 12.3 Å². The molecule has 11 heteroatoms. The molecule has 3 aromatic rings. The number of methoxy groups -OCH3 is 1. The summed E-state index contributed by atoms with van der Waals surface area (Å²) in [5.41, 5.74) is 0.0289. The molecule has 8 nitrogen and oxygen atoms in total. The molecule has 0 aliphatic heterocycles. The average molecular weight is 410 g/mol. The van der Waals surface area contributed by atoms with Crippen molar-refractivity contribution in [3.05, 3.63) is 53.3 Å². The van der Waals surface area contributed by atoms with E-state index in [4.69, 9.17) is 16.3 Å². The molecule has 0 radical (unpaired) electrons. The second-order valence-electron chi connectivity index (χ2n) is 5.95. The third-order valence-electron chi connectivity index (χ3n) is 3.74. The number of aromatic nitrogens is 5. The third-order valence-corrected chi connectivity index (χ3v) is 3.93. The maximum atomic E-state index is 14.2. The van der Waals surface area contributed by atoms with Gasteiger partial charge in [0.2, 0.25) is 5.95 Å². The van der Waals surface area contributed by atoms with Gasteiger partial charge >= 0.3 is 0 Å². The third kappa shape index (κ3) is 5.11. The summed E-state index contributed by atoms with van der Waals surface area (Å²) in [5, 5.41) is 6.17. The van der Waals surface area contributed by atoms with Crippen molar-refractivity contribution < 1.29 is 13.5 Å².